The van der Waals surface area contributed by atoms with Crippen LogP contribution in [0, 0.1) is 0 Å². The fourth-order valence-corrected chi connectivity index (χ4v) is 6.82. The molecule has 2 unspecified atom stereocenters. The van der Waals surface area contributed by atoms with Gasteiger partial charge in [0.2, 0.25) is 0 Å². The molecule has 10 N–H and O–H groups in total. The van der Waals surface area contributed by atoms with Crippen molar-refractivity contribution in [1.82, 2.24) is 9.55 Å². The van der Waals surface area contributed by atoms with Crippen molar-refractivity contribution in [2.45, 2.75) is 54.9 Å². The summed E-state index contributed by atoms with van der Waals surface area (Å²) in [6, 6.07) is 0.940. The molecule has 1 saturated heterocycles. The monoisotopic (exact) mass is 590 g/mol. The Balaban J connectivity index is 1.63. The second kappa shape index (κ2) is 11.5. The van der Waals surface area contributed by atoms with E-state index in [0.717, 1.165) is 22.9 Å². The minimum absolute atomic E-state index is 0.384. The lowest BCUT2D eigenvalue weighted by Gasteiger charge is -2.41. The summed E-state index contributed by atoms with van der Waals surface area (Å²) in [6.07, 6.45) is -12.3. The first kappa shape index (κ1) is 30.9. The normalized spacial score (nSPS) is 35.8. The van der Waals surface area contributed by atoms with Gasteiger partial charge in [-0.3, -0.25) is 23.4 Å². The Morgan fingerprint density at radius 2 is 1.84 bits per heavy atom. The molecule has 3 rings (SSSR count). The van der Waals surface area contributed by atoms with Crippen molar-refractivity contribution in [3.63, 3.8) is 0 Å². The third-order valence-corrected chi connectivity index (χ3v) is 9.20. The van der Waals surface area contributed by atoms with Crippen LogP contribution in [0.15, 0.2) is 33.5 Å². The van der Waals surface area contributed by atoms with Crippen molar-refractivity contribution in [2.24, 2.45) is 0 Å². The predicted octanol–water partition coefficient (Wildman–Crippen LogP) is -4.39. The minimum Gasteiger partial charge on any atom is -0.394 e. The molecule has 2 aliphatic rings. The first-order valence-electron chi connectivity index (χ1n) is 10.9. The summed E-state index contributed by atoms with van der Waals surface area (Å²) in [7, 11) is -10.4. The summed E-state index contributed by atoms with van der Waals surface area (Å²) >= 11 is 0. The Morgan fingerprint density at radius 3 is 2.45 bits per heavy atom. The fourth-order valence-electron chi connectivity index (χ4n) is 4.00. The van der Waals surface area contributed by atoms with E-state index >= 15 is 0 Å². The summed E-state index contributed by atoms with van der Waals surface area (Å²) in [4.78, 5) is 45.0. The molecular formula is C18H28N2O16P2. The van der Waals surface area contributed by atoms with E-state index in [1.54, 1.807) is 0 Å². The highest BCUT2D eigenvalue weighted by molar-refractivity contribution is 7.64. The number of ether oxygens (including phenoxy) is 1. The molecule has 1 aromatic heterocycles. The van der Waals surface area contributed by atoms with Crippen molar-refractivity contribution >= 4 is 15.4 Å². The lowest BCUT2D eigenvalue weighted by atomic mass is 9.78. The van der Waals surface area contributed by atoms with Crippen LogP contribution in [0.3, 0.4) is 0 Å². The average molecular weight is 590 g/mol. The summed E-state index contributed by atoms with van der Waals surface area (Å²) in [5.74, 6) is 0. The lowest BCUT2D eigenvalue weighted by molar-refractivity contribution is -0.182. The molecule has 1 aliphatic carbocycles. The van der Waals surface area contributed by atoms with Gasteiger partial charge in [-0.25, -0.2) is 13.7 Å². The van der Waals surface area contributed by atoms with E-state index in [1.165, 1.54) is 0 Å². The van der Waals surface area contributed by atoms with Crippen LogP contribution in [-0.2, 0) is 22.7 Å². The third kappa shape index (κ3) is 6.57. The van der Waals surface area contributed by atoms with Gasteiger partial charge >= 0.3 is 21.1 Å². The zero-order valence-corrected chi connectivity index (χ0v) is 21.1. The standard InChI is InChI=1S/C18H28N2O16P2/c21-5-10(22)18(29)3-1-8(12(24)15(18)27)7-37(30,31)36-38(32,33)34-6-9-13(25)14(26)16(35-9)20-4-2-11(23)19-17(20)28/h1-2,4,9-10,12-16,21-22,24-27,29H,3,5-7H2,(H,30,31)(H,32,33)(H,19,23,28)/t9-,10-,12+,13-,14-,15-,16-,18-/m1/s1. The Labute approximate surface area is 212 Å². The van der Waals surface area contributed by atoms with E-state index in [1.807, 2.05) is 4.98 Å². The topological polar surface area (TPSA) is 299 Å². The second-order valence-corrected chi connectivity index (χ2v) is 12.2. The van der Waals surface area contributed by atoms with Gasteiger partial charge in [0.15, 0.2) is 6.23 Å². The molecular weight excluding hydrogens is 562 g/mol. The van der Waals surface area contributed by atoms with E-state index in [2.05, 4.69) is 8.83 Å². The number of aromatic amines is 1. The minimum atomic E-state index is -5.36. The number of aliphatic hydroxyl groups excluding tert-OH is 6. The summed E-state index contributed by atoms with van der Waals surface area (Å²) in [6.45, 7) is -1.94. The van der Waals surface area contributed by atoms with Crippen LogP contribution in [0.1, 0.15) is 12.6 Å². The van der Waals surface area contributed by atoms with Crippen LogP contribution >= 0.6 is 15.4 Å². The van der Waals surface area contributed by atoms with E-state index in [9.17, 15) is 59.1 Å². The molecule has 38 heavy (non-hydrogen) atoms. The van der Waals surface area contributed by atoms with E-state index < -0.39 is 101 Å². The van der Waals surface area contributed by atoms with Gasteiger partial charge in [0, 0.05) is 12.3 Å². The molecule has 18 nitrogen and oxygen atoms in total. The van der Waals surface area contributed by atoms with E-state index in [4.69, 9.17) is 9.84 Å². The Hall–Kier alpha value is -1.60. The number of H-pyrrole nitrogens is 1. The maximum Gasteiger partial charge on any atom is 0.479 e. The number of rotatable bonds is 10. The van der Waals surface area contributed by atoms with Gasteiger partial charge in [-0.15, -0.1) is 0 Å². The summed E-state index contributed by atoms with van der Waals surface area (Å²) < 4.78 is 39.7. The highest BCUT2D eigenvalue weighted by Crippen LogP contribution is 2.61. The highest BCUT2D eigenvalue weighted by atomic mass is 31.3. The fraction of sp³-hybridized carbons (Fsp3) is 0.667. The molecule has 1 fully saturated rings. The van der Waals surface area contributed by atoms with Crippen molar-refractivity contribution in [3.8, 4) is 0 Å². The zero-order chi connectivity index (χ0) is 28.6. The first-order chi connectivity index (χ1) is 17.5. The van der Waals surface area contributed by atoms with Gasteiger partial charge in [0.25, 0.3) is 5.56 Å². The number of hydrogen-bond acceptors (Lipinski definition) is 14. The molecule has 10 atom stereocenters. The number of nitrogens with one attached hydrogen (secondary N) is 1. The largest absolute Gasteiger partial charge is 0.479 e. The van der Waals surface area contributed by atoms with Crippen LogP contribution in [-0.4, -0.2) is 117 Å². The average Bonchev–Trinajstić information content (AvgIpc) is 3.10. The van der Waals surface area contributed by atoms with Crippen LogP contribution in [0.2, 0.25) is 0 Å². The molecule has 2 heterocycles. The zero-order valence-electron chi connectivity index (χ0n) is 19.3. The number of phosphoric acid groups is 1. The van der Waals surface area contributed by atoms with Crippen LogP contribution in [0.5, 0.6) is 0 Å². The smallest absolute Gasteiger partial charge is 0.394 e. The number of aliphatic hydroxyl groups is 7. The van der Waals surface area contributed by atoms with Gasteiger partial charge in [0.05, 0.1) is 19.4 Å². The summed E-state index contributed by atoms with van der Waals surface area (Å²) in [5, 5.41) is 69.7. The van der Waals surface area contributed by atoms with E-state index in [0.29, 0.717) is 0 Å². The molecule has 0 bridgehead atoms. The Kier molecular flexibility index (Phi) is 9.35. The molecule has 1 aliphatic heterocycles. The van der Waals surface area contributed by atoms with Crippen molar-refractivity contribution in [1.29, 1.82) is 0 Å². The van der Waals surface area contributed by atoms with Gasteiger partial charge < -0.3 is 50.3 Å². The Bertz CT molecular complexity index is 1250. The molecule has 0 aromatic carbocycles. The number of phosphoric ester groups is 1. The molecule has 216 valence electrons. The number of hydrogen-bond donors (Lipinski definition) is 10. The van der Waals surface area contributed by atoms with Gasteiger partial charge in [-0.05, 0) is 12.0 Å². The Morgan fingerprint density at radius 1 is 1.18 bits per heavy atom. The molecule has 0 spiro atoms. The van der Waals surface area contributed by atoms with Crippen molar-refractivity contribution in [2.75, 3.05) is 19.4 Å². The highest BCUT2D eigenvalue weighted by Gasteiger charge is 2.50. The van der Waals surface area contributed by atoms with Crippen molar-refractivity contribution in [3.05, 3.63) is 44.8 Å². The van der Waals surface area contributed by atoms with E-state index in [-0.39, 0.29) is 5.57 Å². The SMILES string of the molecule is O=c1ccn([C@@H]2O[C@H](COP(=O)(O)OP(=O)(O)CC3=CC[C@@](O)([C@H](O)CO)[C@H](O)[C@H]3O)[C@@H](O)[C@H]2O)c(=O)[nH]1. The quantitative estimate of drug-likeness (QED) is 0.0909. The van der Waals surface area contributed by atoms with Crippen LogP contribution < -0.4 is 11.2 Å². The van der Waals surface area contributed by atoms with Gasteiger partial charge in [-0.2, -0.15) is 0 Å². The van der Waals surface area contributed by atoms with Gasteiger partial charge in [-0.1, -0.05) is 6.08 Å². The summed E-state index contributed by atoms with van der Waals surface area (Å²) in [5.41, 5.74) is -4.49. The molecule has 0 radical (unpaired) electrons. The second-order valence-electron chi connectivity index (χ2n) is 8.77. The van der Waals surface area contributed by atoms with Crippen molar-refractivity contribution < 1.29 is 68.2 Å². The molecule has 0 amide bonds. The maximum atomic E-state index is 12.5. The first-order valence-corrected chi connectivity index (χ1v) is 14.2. The lowest BCUT2D eigenvalue weighted by Crippen LogP contribution is -2.60. The predicted molar refractivity (Wildman–Crippen MR) is 122 cm³/mol. The molecule has 0 saturated carbocycles. The molecule has 20 heteroatoms. The molecule has 1 aromatic rings. The van der Waals surface area contributed by atoms with Gasteiger partial charge in [0.1, 0.15) is 42.2 Å². The number of aromatic nitrogens is 2. The number of nitrogens with zero attached hydrogens (tertiary/aromatic N) is 1. The van der Waals surface area contributed by atoms with Crippen LogP contribution in [0.4, 0.5) is 0 Å². The van der Waals surface area contributed by atoms with Crippen LogP contribution in [0.25, 0.3) is 0 Å². The maximum absolute atomic E-state index is 12.5. The third-order valence-electron chi connectivity index (χ3n) is 6.11.